The molecular formula is C20H28IN3O2. The highest BCUT2D eigenvalue weighted by Crippen LogP contribution is 2.15. The number of nitrogens with two attached hydrogens (primary N) is 1. The standard InChI is InChI=1S/C20H27N3O2.HI/c1-16(13-25-14-17-8-4-3-5-9-17)12-22-20(21)23-19-11-7-6-10-18(19)15-24-2;/h3-11,16H,12-15H2,1-2H3,(H3,21,22,23);1H. The number of hydrogen-bond acceptors (Lipinski definition) is 3. The Morgan fingerprint density at radius 1 is 1.08 bits per heavy atom. The Balaban J connectivity index is 0.00000338. The molecule has 5 nitrogen and oxygen atoms in total. The summed E-state index contributed by atoms with van der Waals surface area (Å²) in [6, 6.07) is 18.0. The molecule has 0 bridgehead atoms. The van der Waals surface area contributed by atoms with E-state index in [4.69, 9.17) is 15.2 Å². The number of anilines is 1. The van der Waals surface area contributed by atoms with Crippen LogP contribution >= 0.6 is 24.0 Å². The Morgan fingerprint density at radius 3 is 2.50 bits per heavy atom. The summed E-state index contributed by atoms with van der Waals surface area (Å²) in [5.74, 6) is 0.691. The number of guanidine groups is 1. The summed E-state index contributed by atoms with van der Waals surface area (Å²) in [6.07, 6.45) is 0. The van der Waals surface area contributed by atoms with Crippen LogP contribution in [0.3, 0.4) is 0 Å². The number of rotatable bonds is 9. The third-order valence-electron chi connectivity index (χ3n) is 3.67. The van der Waals surface area contributed by atoms with Crippen molar-refractivity contribution < 1.29 is 9.47 Å². The third kappa shape index (κ3) is 8.16. The SMILES string of the molecule is COCc1ccccc1NC(N)=NCC(C)COCc1ccccc1.I. The molecule has 0 aromatic heterocycles. The van der Waals surface area contributed by atoms with Crippen LogP contribution in [-0.4, -0.2) is 26.2 Å². The summed E-state index contributed by atoms with van der Waals surface area (Å²) in [5.41, 5.74) is 9.13. The summed E-state index contributed by atoms with van der Waals surface area (Å²) < 4.78 is 10.9. The van der Waals surface area contributed by atoms with Crippen LogP contribution in [0, 0.1) is 5.92 Å². The van der Waals surface area contributed by atoms with Crippen molar-refractivity contribution in [2.45, 2.75) is 20.1 Å². The Kier molecular flexibility index (Phi) is 10.9. The van der Waals surface area contributed by atoms with E-state index in [0.717, 1.165) is 11.3 Å². The Morgan fingerprint density at radius 2 is 1.77 bits per heavy atom. The molecule has 3 N–H and O–H groups in total. The molecule has 0 aliphatic heterocycles. The normalized spacial score (nSPS) is 12.3. The molecule has 0 saturated carbocycles. The molecule has 0 fully saturated rings. The van der Waals surface area contributed by atoms with E-state index >= 15 is 0 Å². The fourth-order valence-electron chi connectivity index (χ4n) is 2.36. The molecule has 2 aromatic carbocycles. The van der Waals surface area contributed by atoms with Gasteiger partial charge in [-0.25, -0.2) is 0 Å². The summed E-state index contributed by atoms with van der Waals surface area (Å²) in [4.78, 5) is 4.41. The Labute approximate surface area is 173 Å². The first-order valence-electron chi connectivity index (χ1n) is 8.44. The van der Waals surface area contributed by atoms with Gasteiger partial charge in [0.05, 0.1) is 19.8 Å². The summed E-state index contributed by atoms with van der Waals surface area (Å²) in [7, 11) is 1.67. The number of nitrogens with zero attached hydrogens (tertiary/aromatic N) is 1. The minimum absolute atomic E-state index is 0. The van der Waals surface area contributed by atoms with Gasteiger partial charge in [-0.3, -0.25) is 4.99 Å². The molecule has 0 saturated heterocycles. The van der Waals surface area contributed by atoms with Crippen LogP contribution in [0.15, 0.2) is 59.6 Å². The monoisotopic (exact) mass is 469 g/mol. The van der Waals surface area contributed by atoms with Gasteiger partial charge in [0.15, 0.2) is 5.96 Å². The van der Waals surface area contributed by atoms with Crippen molar-refractivity contribution in [3.05, 3.63) is 65.7 Å². The number of methoxy groups -OCH3 is 1. The van der Waals surface area contributed by atoms with Gasteiger partial charge >= 0.3 is 0 Å². The second kappa shape index (κ2) is 12.7. The molecule has 2 rings (SSSR count). The van der Waals surface area contributed by atoms with Gasteiger partial charge in [0, 0.05) is 24.9 Å². The number of halogens is 1. The van der Waals surface area contributed by atoms with Crippen LogP contribution in [0.1, 0.15) is 18.1 Å². The predicted octanol–water partition coefficient (Wildman–Crippen LogP) is 4.03. The summed E-state index contributed by atoms with van der Waals surface area (Å²) >= 11 is 0. The van der Waals surface area contributed by atoms with Crippen LogP contribution in [0.25, 0.3) is 0 Å². The van der Waals surface area contributed by atoms with E-state index in [1.165, 1.54) is 5.56 Å². The topological polar surface area (TPSA) is 68.9 Å². The Hall–Kier alpha value is -1.64. The van der Waals surface area contributed by atoms with E-state index in [2.05, 4.69) is 29.4 Å². The van der Waals surface area contributed by atoms with Crippen molar-refractivity contribution >= 4 is 35.6 Å². The highest BCUT2D eigenvalue weighted by Gasteiger charge is 2.05. The fraction of sp³-hybridized carbons (Fsp3) is 0.350. The van der Waals surface area contributed by atoms with Gasteiger partial charge in [-0.2, -0.15) is 0 Å². The van der Waals surface area contributed by atoms with E-state index in [0.29, 0.717) is 38.2 Å². The van der Waals surface area contributed by atoms with Gasteiger partial charge in [-0.1, -0.05) is 55.5 Å². The van der Waals surface area contributed by atoms with Crippen LogP contribution < -0.4 is 11.1 Å². The maximum Gasteiger partial charge on any atom is 0.193 e. The molecule has 142 valence electrons. The van der Waals surface area contributed by atoms with Gasteiger partial charge in [0.1, 0.15) is 0 Å². The smallest absolute Gasteiger partial charge is 0.193 e. The zero-order valence-electron chi connectivity index (χ0n) is 15.4. The molecule has 0 amide bonds. The minimum Gasteiger partial charge on any atom is -0.380 e. The van der Waals surface area contributed by atoms with E-state index < -0.39 is 0 Å². The van der Waals surface area contributed by atoms with Crippen LogP contribution in [0.5, 0.6) is 0 Å². The molecule has 0 heterocycles. The number of nitrogens with one attached hydrogen (secondary N) is 1. The largest absolute Gasteiger partial charge is 0.380 e. The maximum absolute atomic E-state index is 6.00. The summed E-state index contributed by atoms with van der Waals surface area (Å²) in [6.45, 7) is 4.50. The first-order valence-corrected chi connectivity index (χ1v) is 8.44. The molecule has 26 heavy (non-hydrogen) atoms. The van der Waals surface area contributed by atoms with Crippen molar-refractivity contribution in [1.82, 2.24) is 0 Å². The quantitative estimate of drug-likeness (QED) is 0.331. The number of para-hydroxylation sites is 1. The third-order valence-corrected chi connectivity index (χ3v) is 3.67. The number of hydrogen-bond donors (Lipinski definition) is 2. The van der Waals surface area contributed by atoms with Gasteiger partial charge in [-0.15, -0.1) is 24.0 Å². The molecule has 1 atom stereocenters. The molecule has 0 aliphatic rings. The molecule has 6 heteroatoms. The van der Waals surface area contributed by atoms with E-state index in [-0.39, 0.29) is 24.0 Å². The molecule has 0 spiro atoms. The first-order chi connectivity index (χ1) is 12.2. The van der Waals surface area contributed by atoms with Crippen molar-refractivity contribution in [1.29, 1.82) is 0 Å². The first kappa shape index (κ1) is 22.4. The lowest BCUT2D eigenvalue weighted by Crippen LogP contribution is -2.25. The predicted molar refractivity (Wildman–Crippen MR) is 118 cm³/mol. The van der Waals surface area contributed by atoms with Gasteiger partial charge in [0.25, 0.3) is 0 Å². The molecular weight excluding hydrogens is 441 g/mol. The molecule has 1 unspecified atom stereocenters. The van der Waals surface area contributed by atoms with Crippen LogP contribution in [-0.2, 0) is 22.7 Å². The van der Waals surface area contributed by atoms with E-state index in [9.17, 15) is 0 Å². The van der Waals surface area contributed by atoms with Gasteiger partial charge < -0.3 is 20.5 Å². The lowest BCUT2D eigenvalue weighted by atomic mass is 10.2. The van der Waals surface area contributed by atoms with Crippen molar-refractivity contribution in [2.75, 3.05) is 25.6 Å². The number of ether oxygens (including phenoxy) is 2. The highest BCUT2D eigenvalue weighted by atomic mass is 127. The highest BCUT2D eigenvalue weighted by molar-refractivity contribution is 14.0. The van der Waals surface area contributed by atoms with E-state index in [1.807, 2.05) is 42.5 Å². The lowest BCUT2D eigenvalue weighted by molar-refractivity contribution is 0.0945. The summed E-state index contributed by atoms with van der Waals surface area (Å²) in [5, 5.41) is 3.14. The van der Waals surface area contributed by atoms with Gasteiger partial charge in [0.2, 0.25) is 0 Å². The van der Waals surface area contributed by atoms with Crippen molar-refractivity contribution in [2.24, 2.45) is 16.6 Å². The average Bonchev–Trinajstić information content (AvgIpc) is 2.63. The van der Waals surface area contributed by atoms with E-state index in [1.54, 1.807) is 7.11 Å². The van der Waals surface area contributed by atoms with Crippen molar-refractivity contribution in [3.63, 3.8) is 0 Å². The lowest BCUT2D eigenvalue weighted by Gasteiger charge is -2.13. The second-order valence-electron chi connectivity index (χ2n) is 6.05. The number of benzene rings is 2. The van der Waals surface area contributed by atoms with Crippen LogP contribution in [0.2, 0.25) is 0 Å². The molecule has 0 aliphatic carbocycles. The van der Waals surface area contributed by atoms with Crippen LogP contribution in [0.4, 0.5) is 5.69 Å². The average molecular weight is 469 g/mol. The van der Waals surface area contributed by atoms with Crippen molar-refractivity contribution in [3.8, 4) is 0 Å². The fourth-order valence-corrected chi connectivity index (χ4v) is 2.36. The molecule has 0 radical (unpaired) electrons. The second-order valence-corrected chi connectivity index (χ2v) is 6.05. The number of aliphatic imine (C=N–C) groups is 1. The maximum atomic E-state index is 6.00. The zero-order valence-corrected chi connectivity index (χ0v) is 17.7. The Bertz CT molecular complexity index is 665. The molecule has 2 aromatic rings. The minimum atomic E-state index is 0. The zero-order chi connectivity index (χ0) is 17.9. The van der Waals surface area contributed by atoms with Gasteiger partial charge in [-0.05, 0) is 17.5 Å².